The van der Waals surface area contributed by atoms with E-state index >= 15 is 0 Å². The minimum absolute atomic E-state index is 0.601. The summed E-state index contributed by atoms with van der Waals surface area (Å²) in [5.41, 5.74) is 5.48. The molecule has 0 rings (SSSR count). The van der Waals surface area contributed by atoms with Crippen LogP contribution in [0.25, 0.3) is 0 Å². The van der Waals surface area contributed by atoms with Gasteiger partial charge in [-0.25, -0.2) is 0 Å². The predicted molar refractivity (Wildman–Crippen MR) is 61.9 cm³/mol. The topological polar surface area (TPSA) is 29.3 Å². The molecular formula is C8H18N2S2. The Kier molecular flexibility index (Phi) is 7.96. The molecule has 0 atom stereocenters. The van der Waals surface area contributed by atoms with Crippen LogP contribution in [0.1, 0.15) is 13.3 Å². The van der Waals surface area contributed by atoms with Gasteiger partial charge in [-0.05, 0) is 19.2 Å². The number of rotatable bonds is 7. The maximum absolute atomic E-state index is 5.48. The Morgan fingerprint density at radius 1 is 1.50 bits per heavy atom. The van der Waals surface area contributed by atoms with Crippen LogP contribution in [0.4, 0.5) is 0 Å². The van der Waals surface area contributed by atoms with Crippen LogP contribution >= 0.6 is 24.0 Å². The second-order valence-electron chi connectivity index (χ2n) is 2.74. The zero-order valence-electron chi connectivity index (χ0n) is 7.88. The second kappa shape index (κ2) is 7.83. The van der Waals surface area contributed by atoms with Gasteiger partial charge in [-0.1, -0.05) is 19.1 Å². The fraction of sp³-hybridized carbons (Fsp3) is 0.875. The van der Waals surface area contributed by atoms with Crippen molar-refractivity contribution in [3.05, 3.63) is 0 Å². The molecule has 0 heterocycles. The standard InChI is InChI=1S/C8H18N2S2/c1-3-4-10(5-6-12-2)7-8(9)11/h3-7H2,1-2H3,(H2,9,11). The summed E-state index contributed by atoms with van der Waals surface area (Å²) in [6.07, 6.45) is 3.28. The van der Waals surface area contributed by atoms with Crippen molar-refractivity contribution in [3.8, 4) is 0 Å². The number of nitrogens with zero attached hydrogens (tertiary/aromatic N) is 1. The van der Waals surface area contributed by atoms with Crippen molar-refractivity contribution in [2.45, 2.75) is 13.3 Å². The van der Waals surface area contributed by atoms with Crippen molar-refractivity contribution >= 4 is 29.0 Å². The third-order valence-corrected chi connectivity index (χ3v) is 2.25. The number of nitrogens with two attached hydrogens (primary N) is 1. The Labute approximate surface area is 84.9 Å². The van der Waals surface area contributed by atoms with E-state index in [1.807, 2.05) is 11.8 Å². The van der Waals surface area contributed by atoms with Gasteiger partial charge >= 0.3 is 0 Å². The summed E-state index contributed by atoms with van der Waals surface area (Å²) < 4.78 is 0. The van der Waals surface area contributed by atoms with E-state index < -0.39 is 0 Å². The first-order valence-electron chi connectivity index (χ1n) is 4.20. The lowest BCUT2D eigenvalue weighted by atomic mass is 10.4. The lowest BCUT2D eigenvalue weighted by molar-refractivity contribution is 0.332. The van der Waals surface area contributed by atoms with Gasteiger partial charge in [0.15, 0.2) is 0 Å². The number of hydrogen-bond donors (Lipinski definition) is 1. The molecule has 0 spiro atoms. The maximum atomic E-state index is 5.48. The van der Waals surface area contributed by atoms with Gasteiger partial charge in [0.25, 0.3) is 0 Å². The van der Waals surface area contributed by atoms with Gasteiger partial charge in [-0.2, -0.15) is 11.8 Å². The predicted octanol–water partition coefficient (Wildman–Crippen LogP) is 1.35. The van der Waals surface area contributed by atoms with E-state index in [9.17, 15) is 0 Å². The van der Waals surface area contributed by atoms with Crippen molar-refractivity contribution in [2.75, 3.05) is 31.6 Å². The van der Waals surface area contributed by atoms with E-state index in [2.05, 4.69) is 18.1 Å². The number of hydrogen-bond acceptors (Lipinski definition) is 3. The molecule has 0 saturated heterocycles. The molecule has 0 aromatic carbocycles. The van der Waals surface area contributed by atoms with E-state index in [0.29, 0.717) is 4.99 Å². The van der Waals surface area contributed by atoms with Crippen LogP contribution in [0.2, 0.25) is 0 Å². The van der Waals surface area contributed by atoms with Gasteiger partial charge in [0, 0.05) is 18.8 Å². The molecule has 0 radical (unpaired) electrons. The van der Waals surface area contributed by atoms with Crippen LogP contribution in [-0.4, -0.2) is 41.5 Å². The van der Waals surface area contributed by atoms with Gasteiger partial charge in [-0.3, -0.25) is 4.90 Å². The molecule has 4 heteroatoms. The van der Waals surface area contributed by atoms with E-state index in [1.165, 1.54) is 0 Å². The van der Waals surface area contributed by atoms with Crippen molar-refractivity contribution in [1.82, 2.24) is 4.90 Å². The van der Waals surface area contributed by atoms with E-state index in [4.69, 9.17) is 18.0 Å². The fourth-order valence-electron chi connectivity index (χ4n) is 1.03. The summed E-state index contributed by atoms with van der Waals surface area (Å²) in [5.74, 6) is 1.16. The summed E-state index contributed by atoms with van der Waals surface area (Å²) in [7, 11) is 0. The smallest absolute Gasteiger partial charge is 0.0870 e. The first kappa shape index (κ1) is 12.2. The van der Waals surface area contributed by atoms with Crippen LogP contribution in [0, 0.1) is 0 Å². The molecule has 0 saturated carbocycles. The second-order valence-corrected chi connectivity index (χ2v) is 4.25. The first-order valence-corrected chi connectivity index (χ1v) is 6.00. The molecule has 72 valence electrons. The number of thioether (sulfide) groups is 1. The molecule has 0 aliphatic rings. The molecule has 2 N–H and O–H groups in total. The molecule has 0 aliphatic heterocycles. The zero-order chi connectivity index (χ0) is 9.40. The summed E-state index contributed by atoms with van der Waals surface area (Å²) in [6, 6.07) is 0. The highest BCUT2D eigenvalue weighted by Gasteiger charge is 2.03. The maximum Gasteiger partial charge on any atom is 0.0870 e. The molecule has 0 fully saturated rings. The lowest BCUT2D eigenvalue weighted by Crippen LogP contribution is -2.34. The Balaban J connectivity index is 3.61. The molecule has 0 aliphatic carbocycles. The zero-order valence-corrected chi connectivity index (χ0v) is 9.51. The normalized spacial score (nSPS) is 10.6. The molecule has 0 unspecified atom stereocenters. The third-order valence-electron chi connectivity index (χ3n) is 1.53. The van der Waals surface area contributed by atoms with Crippen LogP contribution in [0.5, 0.6) is 0 Å². The monoisotopic (exact) mass is 206 g/mol. The molecular weight excluding hydrogens is 188 g/mol. The first-order chi connectivity index (χ1) is 5.70. The Morgan fingerprint density at radius 3 is 2.58 bits per heavy atom. The van der Waals surface area contributed by atoms with Gasteiger partial charge in [0.2, 0.25) is 0 Å². The minimum Gasteiger partial charge on any atom is -0.392 e. The third kappa shape index (κ3) is 6.88. The van der Waals surface area contributed by atoms with E-state index in [-0.39, 0.29) is 0 Å². The molecule has 0 bridgehead atoms. The summed E-state index contributed by atoms with van der Waals surface area (Å²) in [4.78, 5) is 2.91. The molecule has 2 nitrogen and oxygen atoms in total. The van der Waals surface area contributed by atoms with Gasteiger partial charge in [0.05, 0.1) is 4.99 Å². The summed E-state index contributed by atoms with van der Waals surface area (Å²) in [6.45, 7) is 5.12. The van der Waals surface area contributed by atoms with Crippen molar-refractivity contribution in [3.63, 3.8) is 0 Å². The average molecular weight is 206 g/mol. The molecule has 0 aromatic rings. The lowest BCUT2D eigenvalue weighted by Gasteiger charge is -2.19. The summed E-state index contributed by atoms with van der Waals surface area (Å²) in [5, 5.41) is 0. The molecule has 0 aromatic heterocycles. The highest BCUT2D eigenvalue weighted by molar-refractivity contribution is 7.98. The fourth-order valence-corrected chi connectivity index (χ4v) is 1.65. The summed E-state index contributed by atoms with van der Waals surface area (Å²) >= 11 is 6.72. The van der Waals surface area contributed by atoms with Gasteiger partial charge < -0.3 is 5.73 Å². The van der Waals surface area contributed by atoms with Crippen molar-refractivity contribution < 1.29 is 0 Å². The van der Waals surface area contributed by atoms with Gasteiger partial charge in [0.1, 0.15) is 0 Å². The van der Waals surface area contributed by atoms with Crippen molar-refractivity contribution in [1.29, 1.82) is 0 Å². The molecule has 0 amide bonds. The molecule has 12 heavy (non-hydrogen) atoms. The SMILES string of the molecule is CCCN(CCSC)CC(N)=S. The number of thiocarbonyl (C=S) groups is 1. The Bertz CT molecular complexity index is 128. The van der Waals surface area contributed by atoms with Crippen molar-refractivity contribution in [2.24, 2.45) is 5.73 Å². The Morgan fingerprint density at radius 2 is 2.17 bits per heavy atom. The van der Waals surface area contributed by atoms with Crippen LogP contribution in [0.3, 0.4) is 0 Å². The van der Waals surface area contributed by atoms with Crippen LogP contribution in [-0.2, 0) is 0 Å². The van der Waals surface area contributed by atoms with Gasteiger partial charge in [-0.15, -0.1) is 0 Å². The average Bonchev–Trinajstić information content (AvgIpc) is 2.00. The minimum atomic E-state index is 0.601. The van der Waals surface area contributed by atoms with Crippen LogP contribution in [0.15, 0.2) is 0 Å². The Hall–Kier alpha value is 0.200. The highest BCUT2D eigenvalue weighted by Crippen LogP contribution is 1.96. The van der Waals surface area contributed by atoms with E-state index in [0.717, 1.165) is 31.8 Å². The largest absolute Gasteiger partial charge is 0.392 e. The quantitative estimate of drug-likeness (QED) is 0.637. The van der Waals surface area contributed by atoms with Crippen LogP contribution < -0.4 is 5.73 Å². The van der Waals surface area contributed by atoms with E-state index in [1.54, 1.807) is 0 Å². The highest BCUT2D eigenvalue weighted by atomic mass is 32.2.